The first-order valence-corrected chi connectivity index (χ1v) is 6.19. The molecule has 0 aliphatic carbocycles. The fourth-order valence-electron chi connectivity index (χ4n) is 0.686. The summed E-state index contributed by atoms with van der Waals surface area (Å²) in [6.07, 6.45) is 0. The summed E-state index contributed by atoms with van der Waals surface area (Å²) < 4.78 is 5.03. The molecule has 0 fully saturated rings. The maximum atomic E-state index is 5.04. The van der Waals surface area contributed by atoms with Crippen LogP contribution in [0.15, 0.2) is 10.2 Å². The van der Waals surface area contributed by atoms with E-state index in [2.05, 4.69) is 21.1 Å². The van der Waals surface area contributed by atoms with Crippen LogP contribution in [0.3, 0.4) is 0 Å². The van der Waals surface area contributed by atoms with Gasteiger partial charge in [-0.15, -0.1) is 0 Å². The van der Waals surface area contributed by atoms with Crippen molar-refractivity contribution in [2.24, 2.45) is 10.2 Å². The number of nitrogens with one attached hydrogen (secondary N) is 2. The molecule has 8 heteroatoms. The van der Waals surface area contributed by atoms with Crippen molar-refractivity contribution < 1.29 is 4.74 Å². The molecule has 0 heterocycles. The molecular formula is C10H19N5OS2. The van der Waals surface area contributed by atoms with E-state index in [-0.39, 0.29) is 5.17 Å². The quantitative estimate of drug-likeness (QED) is 0.459. The van der Waals surface area contributed by atoms with Gasteiger partial charge in [-0.05, 0) is 45.2 Å². The Balaban J connectivity index is 4.36. The molecule has 0 aliphatic heterocycles. The lowest BCUT2D eigenvalue weighted by Gasteiger charge is -2.12. The van der Waals surface area contributed by atoms with Crippen LogP contribution in [0.4, 0.5) is 0 Å². The van der Waals surface area contributed by atoms with Gasteiger partial charge in [0.15, 0.2) is 5.11 Å². The van der Waals surface area contributed by atoms with Crippen molar-refractivity contribution in [3.05, 3.63) is 0 Å². The molecule has 6 nitrogen and oxygen atoms in total. The SMILES string of the molecule is CCOC(=S)N/N=C(C)/C(C)=N/NC(=S)N(C)C. The van der Waals surface area contributed by atoms with Crippen LogP contribution in [-0.2, 0) is 4.74 Å². The van der Waals surface area contributed by atoms with Gasteiger partial charge in [0.2, 0.25) is 0 Å². The maximum absolute atomic E-state index is 5.04. The summed E-state index contributed by atoms with van der Waals surface area (Å²) in [5.74, 6) is 0. The van der Waals surface area contributed by atoms with Gasteiger partial charge in [0.25, 0.3) is 5.17 Å². The molecule has 0 aliphatic rings. The van der Waals surface area contributed by atoms with E-state index in [1.807, 2.05) is 27.9 Å². The molecule has 0 unspecified atom stereocenters. The third-order valence-corrected chi connectivity index (χ3v) is 2.50. The molecule has 0 atom stereocenters. The van der Waals surface area contributed by atoms with E-state index in [1.54, 1.807) is 11.8 Å². The zero-order valence-corrected chi connectivity index (χ0v) is 12.9. The normalized spacial score (nSPS) is 11.8. The molecule has 0 saturated heterocycles. The van der Waals surface area contributed by atoms with Crippen LogP contribution >= 0.6 is 24.4 Å². The standard InChI is InChI=1S/C10H19N5OS2/c1-6-16-10(18)14-12-8(3)7(2)11-13-9(17)15(4)5/h6H2,1-5H3,(H,13,17)(H,14,18)/b11-7+,12-8+. The van der Waals surface area contributed by atoms with E-state index in [0.29, 0.717) is 23.1 Å². The minimum atomic E-state index is 0.237. The molecule has 0 aromatic heterocycles. The van der Waals surface area contributed by atoms with Crippen molar-refractivity contribution in [1.29, 1.82) is 0 Å². The predicted molar refractivity (Wildman–Crippen MR) is 83.0 cm³/mol. The fourth-order valence-corrected chi connectivity index (χ4v) is 0.895. The first kappa shape index (κ1) is 16.7. The van der Waals surface area contributed by atoms with Gasteiger partial charge in [-0.3, -0.25) is 5.43 Å². The molecule has 0 aromatic carbocycles. The van der Waals surface area contributed by atoms with Gasteiger partial charge < -0.3 is 9.64 Å². The minimum absolute atomic E-state index is 0.237. The van der Waals surface area contributed by atoms with E-state index >= 15 is 0 Å². The second-order valence-corrected chi connectivity index (χ2v) is 4.30. The third-order valence-electron chi connectivity index (χ3n) is 1.84. The highest BCUT2D eigenvalue weighted by molar-refractivity contribution is 7.80. The van der Waals surface area contributed by atoms with Crippen LogP contribution in [0.5, 0.6) is 0 Å². The molecule has 0 bridgehead atoms. The predicted octanol–water partition coefficient (Wildman–Crippen LogP) is 1.09. The van der Waals surface area contributed by atoms with E-state index < -0.39 is 0 Å². The molecule has 0 radical (unpaired) electrons. The monoisotopic (exact) mass is 289 g/mol. The average Bonchev–Trinajstić information content (AvgIpc) is 2.32. The number of ether oxygens (including phenoxy) is 1. The summed E-state index contributed by atoms with van der Waals surface area (Å²) >= 11 is 9.91. The van der Waals surface area contributed by atoms with Crippen LogP contribution in [0, 0.1) is 0 Å². The van der Waals surface area contributed by atoms with Gasteiger partial charge in [-0.1, -0.05) is 0 Å². The van der Waals surface area contributed by atoms with Gasteiger partial charge in [-0.2, -0.15) is 10.2 Å². The summed E-state index contributed by atoms with van der Waals surface area (Å²) in [5.41, 5.74) is 6.75. The van der Waals surface area contributed by atoms with Gasteiger partial charge in [0.05, 0.1) is 18.0 Å². The lowest BCUT2D eigenvalue weighted by atomic mass is 10.3. The number of hydrogen-bond donors (Lipinski definition) is 2. The number of thiocarbonyl (C=S) groups is 2. The summed E-state index contributed by atoms with van der Waals surface area (Å²) in [6, 6.07) is 0. The zero-order chi connectivity index (χ0) is 14.1. The Hall–Kier alpha value is -1.28. The third kappa shape index (κ3) is 7.13. The number of hydrogen-bond acceptors (Lipinski definition) is 5. The Morgan fingerprint density at radius 1 is 1.11 bits per heavy atom. The van der Waals surface area contributed by atoms with Crippen molar-refractivity contribution in [1.82, 2.24) is 15.8 Å². The topological polar surface area (TPSA) is 61.2 Å². The Kier molecular flexibility index (Phi) is 8.14. The number of nitrogens with zero attached hydrogens (tertiary/aromatic N) is 3. The van der Waals surface area contributed by atoms with Crippen molar-refractivity contribution in [2.45, 2.75) is 20.8 Å². The second kappa shape index (κ2) is 8.76. The van der Waals surface area contributed by atoms with Gasteiger partial charge in [0, 0.05) is 14.1 Å². The summed E-state index contributed by atoms with van der Waals surface area (Å²) in [7, 11) is 3.67. The fraction of sp³-hybridized carbons (Fsp3) is 0.600. The molecule has 0 rings (SSSR count). The van der Waals surface area contributed by atoms with Crippen LogP contribution in [0.1, 0.15) is 20.8 Å². The van der Waals surface area contributed by atoms with E-state index in [0.717, 1.165) is 0 Å². The molecule has 0 saturated carbocycles. The summed E-state index contributed by atoms with van der Waals surface area (Å²) in [5, 5.41) is 8.90. The lowest BCUT2D eigenvalue weighted by Crippen LogP contribution is -2.32. The molecule has 2 N–H and O–H groups in total. The minimum Gasteiger partial charge on any atom is -0.470 e. The Labute approximate surface area is 118 Å². The first-order chi connectivity index (χ1) is 8.38. The van der Waals surface area contributed by atoms with Crippen molar-refractivity contribution in [2.75, 3.05) is 20.7 Å². The zero-order valence-electron chi connectivity index (χ0n) is 11.3. The van der Waals surface area contributed by atoms with Gasteiger partial charge in [0.1, 0.15) is 0 Å². The second-order valence-electron chi connectivity index (χ2n) is 3.54. The lowest BCUT2D eigenvalue weighted by molar-refractivity contribution is 0.321. The highest BCUT2D eigenvalue weighted by atomic mass is 32.1. The van der Waals surface area contributed by atoms with Crippen molar-refractivity contribution in [3.8, 4) is 0 Å². The summed E-state index contributed by atoms with van der Waals surface area (Å²) in [4.78, 5) is 1.75. The molecule has 0 spiro atoms. The largest absolute Gasteiger partial charge is 0.470 e. The molecule has 0 aromatic rings. The van der Waals surface area contributed by atoms with Crippen molar-refractivity contribution >= 4 is 46.1 Å². The Morgan fingerprint density at radius 3 is 2.06 bits per heavy atom. The molecule has 0 amide bonds. The number of rotatable bonds is 4. The van der Waals surface area contributed by atoms with Crippen LogP contribution in [-0.4, -0.2) is 47.3 Å². The van der Waals surface area contributed by atoms with Crippen LogP contribution < -0.4 is 10.9 Å². The van der Waals surface area contributed by atoms with Gasteiger partial charge >= 0.3 is 0 Å². The molecular weight excluding hydrogens is 270 g/mol. The average molecular weight is 289 g/mol. The first-order valence-electron chi connectivity index (χ1n) is 5.37. The van der Waals surface area contributed by atoms with E-state index in [4.69, 9.17) is 29.2 Å². The van der Waals surface area contributed by atoms with Crippen molar-refractivity contribution in [3.63, 3.8) is 0 Å². The Morgan fingerprint density at radius 2 is 1.61 bits per heavy atom. The van der Waals surface area contributed by atoms with E-state index in [1.165, 1.54) is 0 Å². The number of hydrazone groups is 2. The maximum Gasteiger partial charge on any atom is 0.277 e. The smallest absolute Gasteiger partial charge is 0.277 e. The highest BCUT2D eigenvalue weighted by Crippen LogP contribution is 1.85. The Bertz CT molecular complexity index is 365. The van der Waals surface area contributed by atoms with Gasteiger partial charge in [-0.25, -0.2) is 5.43 Å². The van der Waals surface area contributed by atoms with E-state index in [9.17, 15) is 0 Å². The molecule has 18 heavy (non-hydrogen) atoms. The summed E-state index contributed by atoms with van der Waals surface area (Å²) in [6.45, 7) is 5.98. The molecule has 102 valence electrons. The van der Waals surface area contributed by atoms with Crippen LogP contribution in [0.25, 0.3) is 0 Å². The van der Waals surface area contributed by atoms with Crippen LogP contribution in [0.2, 0.25) is 0 Å². The highest BCUT2D eigenvalue weighted by Gasteiger charge is 2.00.